The molecule has 0 spiro atoms. The number of nitrogens with zero attached hydrogens (tertiary/aromatic N) is 1. The average Bonchev–Trinajstić information content (AvgIpc) is 2.41. The highest BCUT2D eigenvalue weighted by atomic mass is 127. The first kappa shape index (κ1) is 14.8. The molecule has 1 heterocycles. The summed E-state index contributed by atoms with van der Waals surface area (Å²) in [6.07, 6.45) is 2.76. The van der Waals surface area contributed by atoms with Crippen LogP contribution in [0, 0.1) is 10.5 Å². The highest BCUT2D eigenvalue weighted by molar-refractivity contribution is 14.1. The number of hydrogen-bond donors (Lipinski definition) is 1. The Kier molecular flexibility index (Phi) is 5.19. The molecule has 0 fully saturated rings. The fraction of sp³-hybridized carbons (Fsp3) is 0.267. The molecular formula is C15H16ClIN2. The van der Waals surface area contributed by atoms with Crippen LogP contribution in [-0.2, 0) is 6.42 Å². The van der Waals surface area contributed by atoms with Crippen LogP contribution in [0.5, 0.6) is 0 Å². The van der Waals surface area contributed by atoms with Gasteiger partial charge in [-0.25, -0.2) is 0 Å². The SMILES string of the molecule is CNC(Cc1ccc(C)cn1)c1ccc(I)c(Cl)c1. The second kappa shape index (κ2) is 6.68. The molecule has 2 aromatic rings. The van der Waals surface area contributed by atoms with Gasteiger partial charge in [0.2, 0.25) is 0 Å². The third-order valence-electron chi connectivity index (χ3n) is 3.08. The molecule has 0 saturated carbocycles. The molecular weight excluding hydrogens is 371 g/mol. The van der Waals surface area contributed by atoms with Crippen molar-refractivity contribution < 1.29 is 0 Å². The maximum Gasteiger partial charge on any atom is 0.0542 e. The molecule has 2 nitrogen and oxygen atoms in total. The van der Waals surface area contributed by atoms with E-state index in [9.17, 15) is 0 Å². The first-order chi connectivity index (χ1) is 9.10. The van der Waals surface area contributed by atoms with Crippen LogP contribution in [0.2, 0.25) is 5.02 Å². The zero-order valence-electron chi connectivity index (χ0n) is 11.0. The van der Waals surface area contributed by atoms with E-state index in [0.29, 0.717) is 0 Å². The Labute approximate surface area is 132 Å². The first-order valence-corrected chi connectivity index (χ1v) is 7.59. The summed E-state index contributed by atoms with van der Waals surface area (Å²) in [6.45, 7) is 2.05. The fourth-order valence-corrected chi connectivity index (χ4v) is 2.47. The van der Waals surface area contributed by atoms with E-state index in [1.54, 1.807) is 0 Å². The standard InChI is InChI=1S/C15H16ClIN2/c1-10-3-5-12(19-9-10)8-15(18-2)11-4-6-14(17)13(16)7-11/h3-7,9,15,18H,8H2,1-2H3. The monoisotopic (exact) mass is 386 g/mol. The third-order valence-corrected chi connectivity index (χ3v) is 4.65. The molecule has 19 heavy (non-hydrogen) atoms. The first-order valence-electron chi connectivity index (χ1n) is 6.14. The summed E-state index contributed by atoms with van der Waals surface area (Å²) in [5.74, 6) is 0. The number of rotatable bonds is 4. The number of nitrogens with one attached hydrogen (secondary N) is 1. The second-order valence-corrected chi connectivity index (χ2v) is 6.12. The summed E-state index contributed by atoms with van der Waals surface area (Å²) in [4.78, 5) is 4.46. The Morgan fingerprint density at radius 2 is 2.11 bits per heavy atom. The molecule has 0 radical (unpaired) electrons. The van der Waals surface area contributed by atoms with Crippen molar-refractivity contribution in [3.63, 3.8) is 0 Å². The molecule has 0 aliphatic heterocycles. The second-order valence-electron chi connectivity index (χ2n) is 4.55. The third kappa shape index (κ3) is 3.91. The van der Waals surface area contributed by atoms with Crippen molar-refractivity contribution in [3.05, 3.63) is 61.9 Å². The van der Waals surface area contributed by atoms with E-state index in [2.05, 4.69) is 51.1 Å². The summed E-state index contributed by atoms with van der Waals surface area (Å²) >= 11 is 8.43. The molecule has 1 aromatic heterocycles. The van der Waals surface area contributed by atoms with E-state index in [4.69, 9.17) is 11.6 Å². The molecule has 0 aliphatic rings. The molecule has 0 amide bonds. The summed E-state index contributed by atoms with van der Waals surface area (Å²) in [5.41, 5.74) is 3.46. The zero-order chi connectivity index (χ0) is 13.8. The van der Waals surface area contributed by atoms with Crippen molar-refractivity contribution in [2.45, 2.75) is 19.4 Å². The molecule has 0 bridgehead atoms. The maximum absolute atomic E-state index is 6.19. The number of aryl methyl sites for hydroxylation is 1. The minimum Gasteiger partial charge on any atom is -0.313 e. The summed E-state index contributed by atoms with van der Waals surface area (Å²) in [5, 5.41) is 4.13. The van der Waals surface area contributed by atoms with Crippen molar-refractivity contribution in [1.29, 1.82) is 0 Å². The summed E-state index contributed by atoms with van der Waals surface area (Å²) < 4.78 is 1.08. The fourth-order valence-electron chi connectivity index (χ4n) is 1.94. The van der Waals surface area contributed by atoms with E-state index in [-0.39, 0.29) is 6.04 Å². The molecule has 4 heteroatoms. The van der Waals surface area contributed by atoms with Crippen LogP contribution in [0.15, 0.2) is 36.5 Å². The van der Waals surface area contributed by atoms with Gasteiger partial charge in [-0.2, -0.15) is 0 Å². The van der Waals surface area contributed by atoms with Gasteiger partial charge in [-0.15, -0.1) is 0 Å². The molecule has 0 saturated heterocycles. The van der Waals surface area contributed by atoms with E-state index in [1.165, 1.54) is 11.1 Å². The normalized spacial score (nSPS) is 12.4. The van der Waals surface area contributed by atoms with Crippen molar-refractivity contribution >= 4 is 34.2 Å². The van der Waals surface area contributed by atoms with Gasteiger partial charge in [0.15, 0.2) is 0 Å². The molecule has 1 N–H and O–H groups in total. The largest absolute Gasteiger partial charge is 0.313 e. The topological polar surface area (TPSA) is 24.9 Å². The van der Waals surface area contributed by atoms with E-state index in [1.807, 2.05) is 32.3 Å². The van der Waals surface area contributed by atoms with Crippen molar-refractivity contribution in [1.82, 2.24) is 10.3 Å². The predicted molar refractivity (Wildman–Crippen MR) is 88.6 cm³/mol. The van der Waals surface area contributed by atoms with Crippen LogP contribution in [-0.4, -0.2) is 12.0 Å². The van der Waals surface area contributed by atoms with Crippen LogP contribution in [0.4, 0.5) is 0 Å². The Hall–Kier alpha value is -0.650. The lowest BCUT2D eigenvalue weighted by molar-refractivity contribution is 0.584. The highest BCUT2D eigenvalue weighted by Gasteiger charge is 2.12. The Morgan fingerprint density at radius 1 is 1.32 bits per heavy atom. The van der Waals surface area contributed by atoms with Gasteiger partial charge >= 0.3 is 0 Å². The molecule has 100 valence electrons. The minimum absolute atomic E-state index is 0.227. The molecule has 0 aliphatic carbocycles. The number of benzene rings is 1. The molecule has 2 rings (SSSR count). The minimum atomic E-state index is 0.227. The quantitative estimate of drug-likeness (QED) is 0.799. The van der Waals surface area contributed by atoms with Gasteiger partial charge in [0, 0.05) is 27.9 Å². The van der Waals surface area contributed by atoms with E-state index >= 15 is 0 Å². The van der Waals surface area contributed by atoms with Crippen molar-refractivity contribution in [2.75, 3.05) is 7.05 Å². The number of aromatic nitrogens is 1. The number of pyridine rings is 1. The lowest BCUT2D eigenvalue weighted by atomic mass is 10.0. The lowest BCUT2D eigenvalue weighted by Crippen LogP contribution is -2.19. The molecule has 1 unspecified atom stereocenters. The van der Waals surface area contributed by atoms with Gasteiger partial charge in [-0.1, -0.05) is 23.7 Å². The number of halogens is 2. The Balaban J connectivity index is 2.19. The smallest absolute Gasteiger partial charge is 0.0542 e. The number of hydrogen-bond acceptors (Lipinski definition) is 2. The molecule has 1 atom stereocenters. The van der Waals surface area contributed by atoms with Gasteiger partial charge in [0.1, 0.15) is 0 Å². The summed E-state index contributed by atoms with van der Waals surface area (Å²) in [6, 6.07) is 10.6. The lowest BCUT2D eigenvalue weighted by Gasteiger charge is -2.17. The van der Waals surface area contributed by atoms with Crippen LogP contribution in [0.1, 0.15) is 22.9 Å². The van der Waals surface area contributed by atoms with Gasteiger partial charge < -0.3 is 5.32 Å². The van der Waals surface area contributed by atoms with Crippen LogP contribution < -0.4 is 5.32 Å². The Bertz CT molecular complexity index is 555. The average molecular weight is 387 g/mol. The Morgan fingerprint density at radius 3 is 2.68 bits per heavy atom. The molecule has 1 aromatic carbocycles. The van der Waals surface area contributed by atoms with Gasteiger partial charge in [0.05, 0.1) is 5.02 Å². The van der Waals surface area contributed by atoms with Crippen molar-refractivity contribution in [2.24, 2.45) is 0 Å². The van der Waals surface area contributed by atoms with Gasteiger partial charge in [-0.05, 0) is 65.9 Å². The summed E-state index contributed by atoms with van der Waals surface area (Å²) in [7, 11) is 1.96. The van der Waals surface area contributed by atoms with Crippen molar-refractivity contribution in [3.8, 4) is 0 Å². The van der Waals surface area contributed by atoms with Gasteiger partial charge in [-0.3, -0.25) is 4.98 Å². The van der Waals surface area contributed by atoms with Crippen LogP contribution >= 0.6 is 34.2 Å². The van der Waals surface area contributed by atoms with Gasteiger partial charge in [0.25, 0.3) is 0 Å². The zero-order valence-corrected chi connectivity index (χ0v) is 13.9. The number of likely N-dealkylation sites (N-methyl/N-ethyl adjacent to an activating group) is 1. The maximum atomic E-state index is 6.19. The van der Waals surface area contributed by atoms with E-state index < -0.39 is 0 Å². The predicted octanol–water partition coefficient (Wildman–Crippen LogP) is 4.15. The highest BCUT2D eigenvalue weighted by Crippen LogP contribution is 2.24. The van der Waals surface area contributed by atoms with Crippen LogP contribution in [0.3, 0.4) is 0 Å². The van der Waals surface area contributed by atoms with E-state index in [0.717, 1.165) is 20.7 Å². The van der Waals surface area contributed by atoms with Crippen LogP contribution in [0.25, 0.3) is 0 Å².